The summed E-state index contributed by atoms with van der Waals surface area (Å²) in [5.41, 5.74) is 2.25. The second-order valence-corrected chi connectivity index (χ2v) is 3.89. The molecular weight excluding hydrogens is 226 g/mol. The molecule has 5 nitrogen and oxygen atoms in total. The van der Waals surface area contributed by atoms with Crippen molar-refractivity contribution in [2.45, 2.75) is 13.5 Å². The van der Waals surface area contributed by atoms with Crippen LogP contribution < -0.4 is 5.32 Å². The van der Waals surface area contributed by atoms with Crippen molar-refractivity contribution in [1.29, 1.82) is 0 Å². The predicted molar refractivity (Wildman–Crippen MR) is 62.3 cm³/mol. The highest BCUT2D eigenvalue weighted by Gasteiger charge is 2.03. The van der Waals surface area contributed by atoms with E-state index < -0.39 is 0 Å². The van der Waals surface area contributed by atoms with Crippen molar-refractivity contribution in [1.82, 2.24) is 19.7 Å². The lowest BCUT2D eigenvalue weighted by Crippen LogP contribution is -2.04. The smallest absolute Gasteiger partial charge is 0.222 e. The summed E-state index contributed by atoms with van der Waals surface area (Å²) in [6, 6.07) is 0. The van der Waals surface area contributed by atoms with E-state index in [1.807, 2.05) is 24.9 Å². The quantitative estimate of drug-likeness (QED) is 0.884. The van der Waals surface area contributed by atoms with Gasteiger partial charge in [0.1, 0.15) is 0 Å². The number of aryl methyl sites for hydroxylation is 1. The average molecular weight is 238 g/mol. The van der Waals surface area contributed by atoms with E-state index in [-0.39, 0.29) is 0 Å². The monoisotopic (exact) mass is 237 g/mol. The first-order chi connectivity index (χ1) is 7.66. The Balaban J connectivity index is 2.02. The lowest BCUT2D eigenvalue weighted by Gasteiger charge is -2.03. The molecule has 1 N–H and O–H groups in total. The van der Waals surface area contributed by atoms with E-state index in [1.54, 1.807) is 12.4 Å². The molecular formula is C10H12ClN5. The summed E-state index contributed by atoms with van der Waals surface area (Å²) in [6.45, 7) is 2.67. The summed E-state index contributed by atoms with van der Waals surface area (Å²) >= 11 is 5.69. The number of hydrogen-bond acceptors (Lipinski definition) is 4. The maximum Gasteiger partial charge on any atom is 0.222 e. The van der Waals surface area contributed by atoms with Gasteiger partial charge in [-0.25, -0.2) is 9.97 Å². The summed E-state index contributed by atoms with van der Waals surface area (Å²) in [6.07, 6.45) is 4.96. The van der Waals surface area contributed by atoms with Crippen LogP contribution in [0.5, 0.6) is 0 Å². The molecule has 0 fully saturated rings. The molecule has 0 atom stereocenters. The van der Waals surface area contributed by atoms with Crippen LogP contribution in [0.15, 0.2) is 18.6 Å². The molecule has 0 aliphatic rings. The van der Waals surface area contributed by atoms with Gasteiger partial charge in [0.25, 0.3) is 0 Å². The van der Waals surface area contributed by atoms with Crippen LogP contribution in [-0.4, -0.2) is 19.7 Å². The van der Waals surface area contributed by atoms with Crippen molar-refractivity contribution < 1.29 is 0 Å². The molecule has 2 aromatic heterocycles. The molecule has 0 saturated carbocycles. The fourth-order valence-electron chi connectivity index (χ4n) is 1.30. The van der Waals surface area contributed by atoms with Crippen LogP contribution in [0.4, 0.5) is 5.95 Å². The minimum atomic E-state index is 0.531. The summed E-state index contributed by atoms with van der Waals surface area (Å²) in [4.78, 5) is 8.10. The van der Waals surface area contributed by atoms with Crippen LogP contribution in [0.1, 0.15) is 11.3 Å². The zero-order chi connectivity index (χ0) is 11.5. The van der Waals surface area contributed by atoms with Gasteiger partial charge in [0.05, 0.1) is 23.6 Å². The van der Waals surface area contributed by atoms with E-state index >= 15 is 0 Å². The molecule has 0 spiro atoms. The fraction of sp³-hybridized carbons (Fsp3) is 0.300. The van der Waals surface area contributed by atoms with Gasteiger partial charge in [-0.3, -0.25) is 4.68 Å². The lowest BCUT2D eigenvalue weighted by molar-refractivity contribution is 0.738. The predicted octanol–water partition coefficient (Wildman–Crippen LogP) is 1.78. The van der Waals surface area contributed by atoms with E-state index in [2.05, 4.69) is 20.4 Å². The topological polar surface area (TPSA) is 55.6 Å². The van der Waals surface area contributed by atoms with Gasteiger partial charge in [-0.05, 0) is 6.92 Å². The standard InChI is InChI=1S/C10H12ClN5/c1-7-8(4-15-16(7)2)3-12-10-13-5-9(11)6-14-10/h4-6H,3H2,1-2H3,(H,12,13,14). The molecule has 0 bridgehead atoms. The third-order valence-corrected chi connectivity index (χ3v) is 2.59. The molecule has 2 rings (SSSR count). The zero-order valence-electron chi connectivity index (χ0n) is 9.11. The Hall–Kier alpha value is -1.62. The number of nitrogens with one attached hydrogen (secondary N) is 1. The van der Waals surface area contributed by atoms with E-state index in [4.69, 9.17) is 11.6 Å². The Morgan fingerprint density at radius 3 is 2.56 bits per heavy atom. The number of rotatable bonds is 3. The minimum absolute atomic E-state index is 0.531. The third kappa shape index (κ3) is 2.30. The van der Waals surface area contributed by atoms with Crippen LogP contribution in [0.2, 0.25) is 5.02 Å². The van der Waals surface area contributed by atoms with E-state index in [9.17, 15) is 0 Å². The van der Waals surface area contributed by atoms with Gasteiger partial charge < -0.3 is 5.32 Å². The Morgan fingerprint density at radius 2 is 2.00 bits per heavy atom. The number of anilines is 1. The van der Waals surface area contributed by atoms with Crippen molar-refractivity contribution in [3.8, 4) is 0 Å². The normalized spacial score (nSPS) is 10.4. The van der Waals surface area contributed by atoms with Gasteiger partial charge in [0.2, 0.25) is 5.95 Å². The van der Waals surface area contributed by atoms with Gasteiger partial charge >= 0.3 is 0 Å². The van der Waals surface area contributed by atoms with E-state index in [0.717, 1.165) is 11.3 Å². The molecule has 0 aromatic carbocycles. The Kier molecular flexibility index (Phi) is 3.05. The van der Waals surface area contributed by atoms with Crippen LogP contribution >= 0.6 is 11.6 Å². The first-order valence-electron chi connectivity index (χ1n) is 4.85. The largest absolute Gasteiger partial charge is 0.350 e. The average Bonchev–Trinajstić information content (AvgIpc) is 2.60. The van der Waals surface area contributed by atoms with E-state index in [1.165, 1.54) is 0 Å². The fourth-order valence-corrected chi connectivity index (χ4v) is 1.39. The molecule has 6 heteroatoms. The molecule has 16 heavy (non-hydrogen) atoms. The summed E-state index contributed by atoms with van der Waals surface area (Å²) in [5.74, 6) is 0.563. The summed E-state index contributed by atoms with van der Waals surface area (Å²) in [7, 11) is 1.91. The zero-order valence-corrected chi connectivity index (χ0v) is 9.86. The second kappa shape index (κ2) is 4.49. The highest BCUT2D eigenvalue weighted by molar-refractivity contribution is 6.30. The van der Waals surface area contributed by atoms with Gasteiger partial charge in [0, 0.05) is 24.8 Å². The van der Waals surface area contributed by atoms with Crippen molar-refractivity contribution in [3.05, 3.63) is 34.9 Å². The number of aromatic nitrogens is 4. The highest BCUT2D eigenvalue weighted by atomic mass is 35.5. The molecule has 0 unspecified atom stereocenters. The lowest BCUT2D eigenvalue weighted by atomic mass is 10.2. The molecule has 2 heterocycles. The minimum Gasteiger partial charge on any atom is -0.350 e. The van der Waals surface area contributed by atoms with Crippen LogP contribution in [-0.2, 0) is 13.6 Å². The maximum absolute atomic E-state index is 5.69. The van der Waals surface area contributed by atoms with Crippen molar-refractivity contribution >= 4 is 17.5 Å². The summed E-state index contributed by atoms with van der Waals surface area (Å²) in [5, 5.41) is 7.80. The van der Waals surface area contributed by atoms with Crippen LogP contribution in [0.3, 0.4) is 0 Å². The number of halogens is 1. The first kappa shape index (κ1) is 10.9. The molecule has 2 aromatic rings. The molecule has 0 aliphatic carbocycles. The van der Waals surface area contributed by atoms with Gasteiger partial charge in [0.15, 0.2) is 0 Å². The highest BCUT2D eigenvalue weighted by Crippen LogP contribution is 2.09. The Labute approximate surface area is 98.5 Å². The van der Waals surface area contributed by atoms with Crippen LogP contribution in [0, 0.1) is 6.92 Å². The molecule has 0 radical (unpaired) electrons. The summed E-state index contributed by atoms with van der Waals surface area (Å²) < 4.78 is 1.83. The van der Waals surface area contributed by atoms with Gasteiger partial charge in [-0.15, -0.1) is 0 Å². The van der Waals surface area contributed by atoms with Crippen molar-refractivity contribution in [3.63, 3.8) is 0 Å². The van der Waals surface area contributed by atoms with Gasteiger partial charge in [-0.1, -0.05) is 11.6 Å². The third-order valence-electron chi connectivity index (χ3n) is 2.39. The Bertz CT molecular complexity index is 476. The number of nitrogens with zero attached hydrogens (tertiary/aromatic N) is 4. The second-order valence-electron chi connectivity index (χ2n) is 3.46. The SMILES string of the molecule is Cc1c(CNc2ncc(Cl)cn2)cnn1C. The molecule has 84 valence electrons. The molecule has 0 aliphatic heterocycles. The van der Waals surface area contributed by atoms with Crippen LogP contribution in [0.25, 0.3) is 0 Å². The first-order valence-corrected chi connectivity index (χ1v) is 5.23. The maximum atomic E-state index is 5.69. The van der Waals surface area contributed by atoms with Crippen molar-refractivity contribution in [2.75, 3.05) is 5.32 Å². The molecule has 0 saturated heterocycles. The van der Waals surface area contributed by atoms with Gasteiger partial charge in [-0.2, -0.15) is 5.10 Å². The Morgan fingerprint density at radius 1 is 1.31 bits per heavy atom. The van der Waals surface area contributed by atoms with Crippen molar-refractivity contribution in [2.24, 2.45) is 7.05 Å². The van der Waals surface area contributed by atoms with E-state index in [0.29, 0.717) is 17.5 Å². The molecule has 0 amide bonds. The number of hydrogen-bond donors (Lipinski definition) is 1.